The molecule has 1 fully saturated rings. The monoisotopic (exact) mass is 467 g/mol. The smallest absolute Gasteiger partial charge is 0.326 e. The Kier molecular flexibility index (Phi) is 6.53. The first kappa shape index (κ1) is 22.0. The van der Waals surface area contributed by atoms with E-state index in [1.54, 1.807) is 18.2 Å². The van der Waals surface area contributed by atoms with Crippen LogP contribution in [0.5, 0.6) is 0 Å². The standard InChI is InChI=1S/C23H18FN3O3S2/c24-15-7-5-14(6-8-15)16-11-18(20-4-2-10-31-20)26-22(17(16)12-25)32-13-21(28)27-9-1-3-19(27)23(29)30/h2,4-8,10-11,19H,1,3,9,13H2,(H,29,30)/t19-/m0/s1. The molecule has 6 nitrogen and oxygen atoms in total. The van der Waals surface area contributed by atoms with Crippen LogP contribution >= 0.6 is 23.1 Å². The molecule has 3 aromatic rings. The third kappa shape index (κ3) is 4.52. The summed E-state index contributed by atoms with van der Waals surface area (Å²) in [6.07, 6.45) is 1.09. The number of amides is 1. The molecule has 1 aliphatic rings. The second kappa shape index (κ2) is 9.51. The summed E-state index contributed by atoms with van der Waals surface area (Å²) in [5.41, 5.74) is 2.22. The van der Waals surface area contributed by atoms with E-state index in [1.165, 1.54) is 28.4 Å². The van der Waals surface area contributed by atoms with Crippen LogP contribution in [0.15, 0.2) is 52.9 Å². The first-order valence-electron chi connectivity index (χ1n) is 9.88. The van der Waals surface area contributed by atoms with E-state index >= 15 is 0 Å². The number of nitrogens with zero attached hydrogens (tertiary/aromatic N) is 3. The Morgan fingerprint density at radius 2 is 2.09 bits per heavy atom. The fourth-order valence-corrected chi connectivity index (χ4v) is 5.25. The summed E-state index contributed by atoms with van der Waals surface area (Å²) in [5, 5.41) is 21.5. The minimum Gasteiger partial charge on any atom is -0.480 e. The van der Waals surface area contributed by atoms with Crippen LogP contribution in [-0.4, -0.2) is 45.2 Å². The molecule has 0 unspecified atom stereocenters. The van der Waals surface area contributed by atoms with Gasteiger partial charge in [-0.2, -0.15) is 5.26 Å². The fraction of sp³-hybridized carbons (Fsp3) is 0.217. The first-order valence-corrected chi connectivity index (χ1v) is 11.7. The van der Waals surface area contributed by atoms with Crippen LogP contribution in [0.3, 0.4) is 0 Å². The maximum Gasteiger partial charge on any atom is 0.326 e. The molecule has 0 bridgehead atoms. The van der Waals surface area contributed by atoms with Gasteiger partial charge < -0.3 is 10.0 Å². The molecule has 3 heterocycles. The molecule has 1 N–H and O–H groups in total. The van der Waals surface area contributed by atoms with E-state index in [0.717, 1.165) is 16.6 Å². The second-order valence-electron chi connectivity index (χ2n) is 7.20. The van der Waals surface area contributed by atoms with Crippen LogP contribution in [0, 0.1) is 17.1 Å². The van der Waals surface area contributed by atoms with Gasteiger partial charge in [-0.05, 0) is 48.1 Å². The third-order valence-corrected chi connectivity index (χ3v) is 7.07. The molecule has 2 aromatic heterocycles. The third-order valence-electron chi connectivity index (χ3n) is 5.22. The molecule has 4 rings (SSSR count). The SMILES string of the molecule is N#Cc1c(-c2ccc(F)cc2)cc(-c2cccs2)nc1SCC(=O)N1CCC[C@H]1C(=O)O. The van der Waals surface area contributed by atoms with E-state index in [2.05, 4.69) is 11.1 Å². The maximum absolute atomic E-state index is 13.4. The number of carboxylic acids is 1. The van der Waals surface area contributed by atoms with Gasteiger partial charge in [-0.15, -0.1) is 11.3 Å². The lowest BCUT2D eigenvalue weighted by Crippen LogP contribution is -2.41. The number of thioether (sulfide) groups is 1. The zero-order valence-corrected chi connectivity index (χ0v) is 18.5. The molecule has 1 amide bonds. The van der Waals surface area contributed by atoms with Gasteiger partial charge in [0, 0.05) is 12.1 Å². The summed E-state index contributed by atoms with van der Waals surface area (Å²) in [4.78, 5) is 31.1. The highest BCUT2D eigenvalue weighted by molar-refractivity contribution is 8.00. The van der Waals surface area contributed by atoms with Gasteiger partial charge in [-0.3, -0.25) is 4.79 Å². The number of hydrogen-bond acceptors (Lipinski definition) is 6. The summed E-state index contributed by atoms with van der Waals surface area (Å²) in [6.45, 7) is 0.408. The lowest BCUT2D eigenvalue weighted by Gasteiger charge is -2.21. The van der Waals surface area contributed by atoms with Crippen molar-refractivity contribution in [3.05, 3.63) is 59.2 Å². The average Bonchev–Trinajstić information content (AvgIpc) is 3.50. The highest BCUT2D eigenvalue weighted by Gasteiger charge is 2.34. The number of aromatic nitrogens is 1. The molecule has 1 aliphatic heterocycles. The molecular formula is C23H18FN3O3S2. The van der Waals surface area contributed by atoms with Gasteiger partial charge in [0.05, 0.1) is 21.9 Å². The maximum atomic E-state index is 13.4. The molecule has 1 atom stereocenters. The van der Waals surface area contributed by atoms with Gasteiger partial charge in [-0.25, -0.2) is 14.2 Å². The van der Waals surface area contributed by atoms with Crippen molar-refractivity contribution in [1.29, 1.82) is 5.26 Å². The van der Waals surface area contributed by atoms with Crippen LogP contribution in [0.4, 0.5) is 4.39 Å². The normalized spacial score (nSPS) is 15.5. The quantitative estimate of drug-likeness (QED) is 0.530. The Morgan fingerprint density at radius 3 is 2.75 bits per heavy atom. The van der Waals surface area contributed by atoms with E-state index in [1.807, 2.05) is 17.5 Å². The molecule has 0 radical (unpaired) electrons. The second-order valence-corrected chi connectivity index (χ2v) is 9.12. The van der Waals surface area contributed by atoms with Crippen LogP contribution in [0.1, 0.15) is 18.4 Å². The summed E-state index contributed by atoms with van der Waals surface area (Å²) >= 11 is 2.61. The molecule has 0 spiro atoms. The van der Waals surface area contributed by atoms with Crippen LogP contribution < -0.4 is 0 Å². The lowest BCUT2D eigenvalue weighted by molar-refractivity contribution is -0.147. The number of carbonyl (C=O) groups excluding carboxylic acids is 1. The van der Waals surface area contributed by atoms with Gasteiger partial charge in [-0.1, -0.05) is 30.0 Å². The van der Waals surface area contributed by atoms with Gasteiger partial charge in [0.1, 0.15) is 23.0 Å². The Morgan fingerprint density at radius 1 is 1.31 bits per heavy atom. The number of thiophene rings is 1. The Hall–Kier alpha value is -3.22. The van der Waals surface area contributed by atoms with Crippen molar-refractivity contribution in [2.45, 2.75) is 23.9 Å². The number of rotatable bonds is 6. The first-order chi connectivity index (χ1) is 15.5. The number of carboxylic acid groups (broad SMARTS) is 1. The van der Waals surface area contributed by atoms with E-state index < -0.39 is 12.0 Å². The number of likely N-dealkylation sites (tertiary alicyclic amines) is 1. The average molecular weight is 468 g/mol. The molecule has 1 saturated heterocycles. The van der Waals surface area contributed by atoms with Gasteiger partial charge in [0.2, 0.25) is 5.91 Å². The highest BCUT2D eigenvalue weighted by Crippen LogP contribution is 2.35. The van der Waals surface area contributed by atoms with E-state index in [0.29, 0.717) is 46.8 Å². The van der Waals surface area contributed by atoms with Crippen molar-refractivity contribution < 1.29 is 19.1 Å². The zero-order chi connectivity index (χ0) is 22.7. The summed E-state index contributed by atoms with van der Waals surface area (Å²) < 4.78 is 13.4. The predicted molar refractivity (Wildman–Crippen MR) is 121 cm³/mol. The van der Waals surface area contributed by atoms with Crippen molar-refractivity contribution in [3.63, 3.8) is 0 Å². The largest absolute Gasteiger partial charge is 0.480 e. The minimum atomic E-state index is -1.00. The Bertz CT molecular complexity index is 1190. The topological polar surface area (TPSA) is 94.3 Å². The van der Waals surface area contributed by atoms with E-state index in [-0.39, 0.29) is 17.5 Å². The number of halogens is 1. The molecule has 1 aromatic carbocycles. The van der Waals surface area contributed by atoms with E-state index in [9.17, 15) is 24.3 Å². The zero-order valence-electron chi connectivity index (χ0n) is 16.8. The van der Waals surface area contributed by atoms with Gasteiger partial charge in [0.15, 0.2) is 0 Å². The van der Waals surface area contributed by atoms with Gasteiger partial charge >= 0.3 is 5.97 Å². The molecule has 0 saturated carbocycles. The predicted octanol–water partition coefficient (Wildman–Crippen LogP) is 4.66. The Labute approximate surface area is 192 Å². The molecular weight excluding hydrogens is 449 g/mol. The number of hydrogen-bond donors (Lipinski definition) is 1. The minimum absolute atomic E-state index is 0.0256. The summed E-state index contributed by atoms with van der Waals surface area (Å²) in [7, 11) is 0. The number of aliphatic carboxylic acids is 1. The molecule has 162 valence electrons. The van der Waals surface area contributed by atoms with Crippen LogP contribution in [0.25, 0.3) is 21.7 Å². The van der Waals surface area contributed by atoms with Gasteiger partial charge in [0.25, 0.3) is 0 Å². The van der Waals surface area contributed by atoms with Crippen molar-refractivity contribution in [2.75, 3.05) is 12.3 Å². The molecule has 32 heavy (non-hydrogen) atoms. The van der Waals surface area contributed by atoms with Crippen molar-refractivity contribution in [2.24, 2.45) is 0 Å². The Balaban J connectivity index is 1.69. The molecule has 0 aliphatic carbocycles. The van der Waals surface area contributed by atoms with Crippen molar-refractivity contribution >= 4 is 35.0 Å². The van der Waals surface area contributed by atoms with Crippen molar-refractivity contribution in [3.8, 4) is 27.8 Å². The van der Waals surface area contributed by atoms with Crippen LogP contribution in [-0.2, 0) is 9.59 Å². The number of nitriles is 1. The van der Waals surface area contributed by atoms with E-state index in [4.69, 9.17) is 0 Å². The number of pyridine rings is 1. The highest BCUT2D eigenvalue weighted by atomic mass is 32.2. The molecule has 9 heteroatoms. The van der Waals surface area contributed by atoms with Crippen molar-refractivity contribution in [1.82, 2.24) is 9.88 Å². The lowest BCUT2D eigenvalue weighted by atomic mass is 10.0. The number of carbonyl (C=O) groups is 2. The number of benzene rings is 1. The summed E-state index contributed by atoms with van der Waals surface area (Å²) in [5.74, 6) is -1.70. The fourth-order valence-electron chi connectivity index (χ4n) is 3.68. The summed E-state index contributed by atoms with van der Waals surface area (Å²) in [6, 6.07) is 12.8. The van der Waals surface area contributed by atoms with Crippen LogP contribution in [0.2, 0.25) is 0 Å².